The maximum absolute atomic E-state index is 10.3. The van der Waals surface area contributed by atoms with E-state index in [1.54, 1.807) is 0 Å². The summed E-state index contributed by atoms with van der Waals surface area (Å²) < 4.78 is 0. The number of carboxylic acid groups (broad SMARTS) is 2. The molecule has 0 aromatic heterocycles. The Morgan fingerprint density at radius 3 is 1.64 bits per heavy atom. The molecule has 2 N–H and O–H groups in total. The number of benzene rings is 1. The summed E-state index contributed by atoms with van der Waals surface area (Å²) in [4.78, 5) is 20.7. The van der Waals surface area contributed by atoms with Crippen molar-refractivity contribution in [2.45, 2.75) is 0 Å². The first-order valence-corrected chi connectivity index (χ1v) is 3.34. The van der Waals surface area contributed by atoms with Crippen LogP contribution in [0.1, 0.15) is 20.7 Å². The molecule has 0 aliphatic carbocycles. The number of nitrogens with two attached hydrogens (primary N) is 1. The maximum atomic E-state index is 10.3. The Balaban J connectivity index is 0.00000169. The van der Waals surface area contributed by atoms with Crippen LogP contribution in [0.25, 0.3) is 0 Å². The van der Waals surface area contributed by atoms with Crippen molar-refractivity contribution < 1.29 is 36.3 Å². The quantitative estimate of drug-likeness (QED) is 0.473. The molecular formula is C8H5NNiO4. The van der Waals surface area contributed by atoms with Crippen LogP contribution in [0.2, 0.25) is 0 Å². The van der Waals surface area contributed by atoms with E-state index < -0.39 is 11.9 Å². The molecule has 5 nitrogen and oxygen atoms in total. The third kappa shape index (κ3) is 2.74. The average molecular weight is 238 g/mol. The Morgan fingerprint density at radius 1 is 1.00 bits per heavy atom. The number of aromatic carboxylic acids is 2. The predicted molar refractivity (Wildman–Crippen MR) is 39.5 cm³/mol. The summed E-state index contributed by atoms with van der Waals surface area (Å²) in [7, 11) is 0. The monoisotopic (exact) mass is 237 g/mol. The summed E-state index contributed by atoms with van der Waals surface area (Å²) in [6.07, 6.45) is 0. The van der Waals surface area contributed by atoms with Crippen LogP contribution in [0.3, 0.4) is 0 Å². The van der Waals surface area contributed by atoms with Crippen molar-refractivity contribution in [3.63, 3.8) is 0 Å². The van der Waals surface area contributed by atoms with Gasteiger partial charge in [0, 0.05) is 5.69 Å². The van der Waals surface area contributed by atoms with Gasteiger partial charge < -0.3 is 25.5 Å². The first kappa shape index (κ1) is 12.5. The van der Waals surface area contributed by atoms with Gasteiger partial charge in [0.15, 0.2) is 0 Å². The van der Waals surface area contributed by atoms with Crippen molar-refractivity contribution >= 4 is 17.6 Å². The van der Waals surface area contributed by atoms with Gasteiger partial charge in [-0.1, -0.05) is 0 Å². The minimum absolute atomic E-state index is 0. The third-order valence-electron chi connectivity index (χ3n) is 1.43. The number of hydrogen-bond donors (Lipinski definition) is 1. The van der Waals surface area contributed by atoms with Crippen molar-refractivity contribution in [1.29, 1.82) is 0 Å². The second-order valence-electron chi connectivity index (χ2n) is 2.42. The molecule has 0 saturated carbocycles. The van der Waals surface area contributed by atoms with E-state index in [-0.39, 0.29) is 33.3 Å². The van der Waals surface area contributed by atoms with E-state index in [2.05, 4.69) is 0 Å². The van der Waals surface area contributed by atoms with E-state index in [1.165, 1.54) is 0 Å². The van der Waals surface area contributed by atoms with Crippen LogP contribution < -0.4 is 15.9 Å². The minimum Gasteiger partial charge on any atom is -0.545 e. The van der Waals surface area contributed by atoms with Crippen LogP contribution >= 0.6 is 0 Å². The van der Waals surface area contributed by atoms with Gasteiger partial charge in [0.2, 0.25) is 0 Å². The Hall–Kier alpha value is -1.55. The molecular weight excluding hydrogens is 233 g/mol. The SMILES string of the molecule is Nc1cc(C(=O)[O-])cc(C(=O)[O-])c1.[Ni+2]. The Morgan fingerprint density at radius 2 is 1.36 bits per heavy atom. The standard InChI is InChI=1S/C8H7NO4.Ni/c9-6-2-4(7(10)11)1-5(3-6)8(12)13;/h1-3H,9H2,(H,10,11)(H,12,13);/q;+2/p-2. The van der Waals surface area contributed by atoms with E-state index in [0.29, 0.717) is 0 Å². The fourth-order valence-corrected chi connectivity index (χ4v) is 0.887. The maximum Gasteiger partial charge on any atom is 2.00 e. The third-order valence-corrected chi connectivity index (χ3v) is 1.43. The van der Waals surface area contributed by atoms with Gasteiger partial charge in [0.05, 0.1) is 11.9 Å². The zero-order valence-electron chi connectivity index (χ0n) is 6.76. The van der Waals surface area contributed by atoms with E-state index >= 15 is 0 Å². The molecule has 0 unspecified atom stereocenters. The first-order valence-electron chi connectivity index (χ1n) is 3.34. The largest absolute Gasteiger partial charge is 2.00 e. The second kappa shape index (κ2) is 4.62. The van der Waals surface area contributed by atoms with Crippen LogP contribution in [0.15, 0.2) is 18.2 Å². The van der Waals surface area contributed by atoms with Gasteiger partial charge in [-0.2, -0.15) is 0 Å². The molecule has 0 spiro atoms. The van der Waals surface area contributed by atoms with Crippen LogP contribution in [0.4, 0.5) is 5.69 Å². The summed E-state index contributed by atoms with van der Waals surface area (Å²) in [6.45, 7) is 0. The van der Waals surface area contributed by atoms with Gasteiger partial charge >= 0.3 is 16.5 Å². The fraction of sp³-hybridized carbons (Fsp3) is 0. The summed E-state index contributed by atoms with van der Waals surface area (Å²) in [5.74, 6) is -2.95. The predicted octanol–water partition coefficient (Wildman–Crippen LogP) is -2.01. The zero-order valence-corrected chi connectivity index (χ0v) is 7.75. The minimum atomic E-state index is -1.48. The molecule has 0 bridgehead atoms. The second-order valence-corrected chi connectivity index (χ2v) is 2.42. The molecule has 0 atom stereocenters. The van der Waals surface area contributed by atoms with Crippen LogP contribution in [-0.4, -0.2) is 11.9 Å². The summed E-state index contributed by atoms with van der Waals surface area (Å²) in [5.41, 5.74) is 4.74. The number of rotatable bonds is 2. The van der Waals surface area contributed by atoms with Crippen molar-refractivity contribution in [2.75, 3.05) is 5.73 Å². The normalized spacial score (nSPS) is 8.86. The summed E-state index contributed by atoms with van der Waals surface area (Å²) in [6, 6.07) is 3.16. The van der Waals surface area contributed by atoms with E-state index in [1.807, 2.05) is 0 Å². The first-order chi connectivity index (χ1) is 6.00. The van der Waals surface area contributed by atoms with Gasteiger partial charge in [0.25, 0.3) is 0 Å². The van der Waals surface area contributed by atoms with Crippen molar-refractivity contribution in [2.24, 2.45) is 0 Å². The van der Waals surface area contributed by atoms with E-state index in [4.69, 9.17) is 5.73 Å². The number of anilines is 1. The molecule has 0 radical (unpaired) electrons. The van der Waals surface area contributed by atoms with Gasteiger partial charge in [-0.15, -0.1) is 0 Å². The van der Waals surface area contributed by atoms with E-state index in [9.17, 15) is 19.8 Å². The summed E-state index contributed by atoms with van der Waals surface area (Å²) in [5, 5.41) is 20.7. The molecule has 6 heteroatoms. The van der Waals surface area contributed by atoms with Gasteiger partial charge in [0.1, 0.15) is 0 Å². The average Bonchev–Trinajstić information content (AvgIpc) is 2.03. The van der Waals surface area contributed by atoms with Gasteiger partial charge in [-0.25, -0.2) is 0 Å². The summed E-state index contributed by atoms with van der Waals surface area (Å²) >= 11 is 0. The topological polar surface area (TPSA) is 106 Å². The van der Waals surface area contributed by atoms with Crippen molar-refractivity contribution in [3.8, 4) is 0 Å². The molecule has 1 rings (SSSR count). The van der Waals surface area contributed by atoms with E-state index in [0.717, 1.165) is 18.2 Å². The number of carbonyl (C=O) groups is 2. The molecule has 0 heterocycles. The molecule has 0 aliphatic rings. The Kier molecular flexibility index (Phi) is 4.11. The molecule has 0 fully saturated rings. The zero-order chi connectivity index (χ0) is 10.0. The molecule has 0 amide bonds. The smallest absolute Gasteiger partial charge is 0.545 e. The molecule has 0 saturated heterocycles. The van der Waals surface area contributed by atoms with Crippen LogP contribution in [0, 0.1) is 0 Å². The van der Waals surface area contributed by atoms with Gasteiger partial charge in [-0.3, -0.25) is 0 Å². The Labute approximate surface area is 89.5 Å². The molecule has 0 aliphatic heterocycles. The van der Waals surface area contributed by atoms with Gasteiger partial charge in [-0.05, 0) is 29.3 Å². The van der Waals surface area contributed by atoms with Crippen molar-refractivity contribution in [1.82, 2.24) is 0 Å². The van der Waals surface area contributed by atoms with Crippen LogP contribution in [-0.2, 0) is 16.5 Å². The van der Waals surface area contributed by atoms with Crippen LogP contribution in [0.5, 0.6) is 0 Å². The number of carboxylic acids is 2. The molecule has 1 aromatic carbocycles. The molecule has 1 aromatic rings. The Bertz CT molecular complexity index is 345. The molecule has 76 valence electrons. The van der Waals surface area contributed by atoms with Crippen molar-refractivity contribution in [3.05, 3.63) is 29.3 Å². The molecule has 14 heavy (non-hydrogen) atoms. The number of hydrogen-bond acceptors (Lipinski definition) is 5. The number of nitrogen functional groups attached to an aromatic ring is 1. The number of carbonyl (C=O) groups excluding carboxylic acids is 2. The fourth-order valence-electron chi connectivity index (χ4n) is 0.887.